The molecule has 0 saturated carbocycles. The fourth-order valence-electron chi connectivity index (χ4n) is 4.62. The number of rotatable bonds is 8. The predicted octanol–water partition coefficient (Wildman–Crippen LogP) is 5.10. The Bertz CT molecular complexity index is 1110. The van der Waals surface area contributed by atoms with Crippen LogP contribution >= 0.6 is 0 Å². The molecule has 0 aromatic heterocycles. The Morgan fingerprint density at radius 1 is 0.886 bits per heavy atom. The van der Waals surface area contributed by atoms with Gasteiger partial charge in [-0.3, -0.25) is 9.69 Å². The van der Waals surface area contributed by atoms with E-state index in [0.717, 1.165) is 40.6 Å². The van der Waals surface area contributed by atoms with Crippen LogP contribution in [0.2, 0.25) is 0 Å². The molecule has 1 aliphatic heterocycles. The molecule has 184 valence electrons. The third kappa shape index (κ3) is 6.31. The van der Waals surface area contributed by atoms with Crippen molar-refractivity contribution in [2.45, 2.75) is 18.9 Å². The van der Waals surface area contributed by atoms with Gasteiger partial charge < -0.3 is 19.5 Å². The van der Waals surface area contributed by atoms with Gasteiger partial charge in [0, 0.05) is 31.4 Å². The number of halogens is 1. The van der Waals surface area contributed by atoms with E-state index in [1.165, 1.54) is 12.1 Å². The first-order valence-electron chi connectivity index (χ1n) is 11.6. The zero-order valence-electron chi connectivity index (χ0n) is 20.3. The van der Waals surface area contributed by atoms with Crippen molar-refractivity contribution in [3.8, 4) is 17.2 Å². The van der Waals surface area contributed by atoms with E-state index in [1.54, 1.807) is 21.3 Å². The second-order valence-electron chi connectivity index (χ2n) is 8.81. The number of nitrogens with zero attached hydrogens (tertiary/aromatic N) is 1. The van der Waals surface area contributed by atoms with Crippen molar-refractivity contribution < 1.29 is 23.4 Å². The Hall–Kier alpha value is -3.58. The van der Waals surface area contributed by atoms with E-state index in [9.17, 15) is 9.18 Å². The number of nitrogens with one attached hydrogen (secondary N) is 1. The van der Waals surface area contributed by atoms with Gasteiger partial charge in [0.15, 0.2) is 0 Å². The number of hydrogen-bond acceptors (Lipinski definition) is 5. The number of carbonyl (C=O) groups is 1. The summed E-state index contributed by atoms with van der Waals surface area (Å²) in [5, 5.41) is 3.04. The molecule has 1 heterocycles. The van der Waals surface area contributed by atoms with Gasteiger partial charge in [0.2, 0.25) is 5.91 Å². The Morgan fingerprint density at radius 2 is 1.51 bits per heavy atom. The van der Waals surface area contributed by atoms with Crippen LogP contribution in [-0.4, -0.2) is 45.2 Å². The molecule has 0 bridgehead atoms. The average molecular weight is 479 g/mol. The molecule has 4 rings (SSSR count). The lowest BCUT2D eigenvalue weighted by Gasteiger charge is -2.37. The van der Waals surface area contributed by atoms with Gasteiger partial charge in [-0.2, -0.15) is 0 Å². The number of carbonyl (C=O) groups excluding carboxylic acids is 1. The summed E-state index contributed by atoms with van der Waals surface area (Å²) >= 11 is 0. The van der Waals surface area contributed by atoms with Crippen molar-refractivity contribution in [1.29, 1.82) is 0 Å². The van der Waals surface area contributed by atoms with Crippen molar-refractivity contribution in [2.24, 2.45) is 5.92 Å². The van der Waals surface area contributed by atoms with Crippen molar-refractivity contribution in [1.82, 2.24) is 4.90 Å². The maximum Gasteiger partial charge on any atom is 0.228 e. The Balaban J connectivity index is 1.55. The minimum absolute atomic E-state index is 0.0322. The molecule has 7 heteroatoms. The second-order valence-corrected chi connectivity index (χ2v) is 8.81. The summed E-state index contributed by atoms with van der Waals surface area (Å²) in [6.07, 6.45) is 0.686. The Labute approximate surface area is 205 Å². The van der Waals surface area contributed by atoms with Gasteiger partial charge in [-0.25, -0.2) is 4.39 Å². The minimum Gasteiger partial charge on any atom is -0.497 e. The fourth-order valence-corrected chi connectivity index (χ4v) is 4.62. The van der Waals surface area contributed by atoms with Crippen molar-refractivity contribution >= 4 is 11.6 Å². The van der Waals surface area contributed by atoms with Crippen LogP contribution in [0.15, 0.2) is 66.7 Å². The monoisotopic (exact) mass is 478 g/mol. The number of anilines is 1. The van der Waals surface area contributed by atoms with Crippen molar-refractivity contribution in [3.05, 3.63) is 83.7 Å². The normalized spacial score (nSPS) is 18.1. The quantitative estimate of drug-likeness (QED) is 0.488. The maximum absolute atomic E-state index is 13.6. The summed E-state index contributed by atoms with van der Waals surface area (Å²) in [7, 11) is 4.87. The first-order chi connectivity index (χ1) is 17.0. The van der Waals surface area contributed by atoms with Gasteiger partial charge in [-0.15, -0.1) is 0 Å². The largest absolute Gasteiger partial charge is 0.497 e. The van der Waals surface area contributed by atoms with E-state index < -0.39 is 0 Å². The van der Waals surface area contributed by atoms with Crippen LogP contribution < -0.4 is 19.5 Å². The van der Waals surface area contributed by atoms with Crippen molar-refractivity contribution in [3.63, 3.8) is 0 Å². The highest BCUT2D eigenvalue weighted by molar-refractivity contribution is 5.92. The predicted molar refractivity (Wildman–Crippen MR) is 134 cm³/mol. The number of ether oxygens (including phenoxy) is 3. The molecule has 6 nitrogen and oxygen atoms in total. The van der Waals surface area contributed by atoms with Gasteiger partial charge in [0.1, 0.15) is 23.1 Å². The van der Waals surface area contributed by atoms with Crippen LogP contribution in [0.25, 0.3) is 0 Å². The molecule has 1 amide bonds. The van der Waals surface area contributed by atoms with E-state index in [4.69, 9.17) is 14.2 Å². The molecule has 35 heavy (non-hydrogen) atoms. The zero-order chi connectivity index (χ0) is 24.8. The SMILES string of the molecule is COc1ccc(NC(=O)C2CC(c3ccc(F)cc3)CN(Cc3cc(OC)cc(OC)c3)C2)cc1. The number of amides is 1. The molecule has 3 aromatic carbocycles. The first-order valence-corrected chi connectivity index (χ1v) is 11.6. The molecule has 1 N–H and O–H groups in total. The van der Waals surface area contributed by atoms with E-state index in [1.807, 2.05) is 54.6 Å². The molecule has 2 atom stereocenters. The highest BCUT2D eigenvalue weighted by Crippen LogP contribution is 2.33. The maximum atomic E-state index is 13.6. The summed E-state index contributed by atoms with van der Waals surface area (Å²) in [4.78, 5) is 15.6. The van der Waals surface area contributed by atoms with Crippen LogP contribution in [0.5, 0.6) is 17.2 Å². The Kier molecular flexibility index (Phi) is 7.87. The molecule has 0 spiro atoms. The molecular formula is C28H31FN2O4. The topological polar surface area (TPSA) is 60.0 Å². The average Bonchev–Trinajstić information content (AvgIpc) is 2.89. The number of likely N-dealkylation sites (tertiary alicyclic amines) is 1. The lowest BCUT2D eigenvalue weighted by Crippen LogP contribution is -2.43. The van der Waals surface area contributed by atoms with Gasteiger partial charge in [-0.05, 0) is 72.0 Å². The third-order valence-corrected chi connectivity index (χ3v) is 6.41. The number of methoxy groups -OCH3 is 3. The highest BCUT2D eigenvalue weighted by Gasteiger charge is 2.32. The van der Waals surface area contributed by atoms with Crippen LogP contribution in [0, 0.1) is 11.7 Å². The van der Waals surface area contributed by atoms with E-state index >= 15 is 0 Å². The highest BCUT2D eigenvalue weighted by atomic mass is 19.1. The first kappa shape index (κ1) is 24.5. The number of piperidine rings is 1. The lowest BCUT2D eigenvalue weighted by atomic mass is 9.83. The molecule has 3 aromatic rings. The molecule has 1 aliphatic rings. The van der Waals surface area contributed by atoms with E-state index in [-0.39, 0.29) is 23.6 Å². The van der Waals surface area contributed by atoms with Crippen LogP contribution in [0.4, 0.5) is 10.1 Å². The summed E-state index contributed by atoms with van der Waals surface area (Å²) < 4.78 is 29.6. The Morgan fingerprint density at radius 3 is 2.11 bits per heavy atom. The van der Waals surface area contributed by atoms with Crippen molar-refractivity contribution in [2.75, 3.05) is 39.7 Å². The smallest absolute Gasteiger partial charge is 0.228 e. The molecule has 0 aliphatic carbocycles. The van der Waals surface area contributed by atoms with E-state index in [2.05, 4.69) is 10.2 Å². The van der Waals surface area contributed by atoms with Crippen LogP contribution in [-0.2, 0) is 11.3 Å². The van der Waals surface area contributed by atoms with E-state index in [0.29, 0.717) is 19.5 Å². The van der Waals surface area contributed by atoms with Gasteiger partial charge >= 0.3 is 0 Å². The summed E-state index contributed by atoms with van der Waals surface area (Å²) in [5.74, 6) is 1.75. The molecular weight excluding hydrogens is 447 g/mol. The zero-order valence-corrected chi connectivity index (χ0v) is 20.3. The molecule has 0 radical (unpaired) electrons. The second kappa shape index (κ2) is 11.2. The molecule has 1 fully saturated rings. The summed E-state index contributed by atoms with van der Waals surface area (Å²) in [6, 6.07) is 19.7. The van der Waals surface area contributed by atoms with Crippen LogP contribution in [0.3, 0.4) is 0 Å². The van der Waals surface area contributed by atoms with Gasteiger partial charge in [0.25, 0.3) is 0 Å². The standard InChI is InChI=1S/C28H31FN2O4/c1-33-25-10-8-24(9-11-25)30-28(32)22-14-21(20-4-6-23(29)7-5-20)17-31(18-22)16-19-12-26(34-2)15-27(13-19)35-3/h4-13,15,21-22H,14,16-18H2,1-3H3,(H,30,32). The number of hydrogen-bond donors (Lipinski definition) is 1. The minimum atomic E-state index is -0.265. The summed E-state index contributed by atoms with van der Waals surface area (Å²) in [5.41, 5.74) is 2.79. The fraction of sp³-hybridized carbons (Fsp3) is 0.321. The lowest BCUT2D eigenvalue weighted by molar-refractivity contribution is -0.121. The van der Waals surface area contributed by atoms with Gasteiger partial charge in [0.05, 0.1) is 27.2 Å². The van der Waals surface area contributed by atoms with Crippen LogP contribution in [0.1, 0.15) is 23.5 Å². The molecule has 1 saturated heterocycles. The summed E-state index contributed by atoms with van der Waals surface area (Å²) in [6.45, 7) is 2.01. The number of benzene rings is 3. The third-order valence-electron chi connectivity index (χ3n) is 6.41. The molecule has 2 unspecified atom stereocenters. The van der Waals surface area contributed by atoms with Gasteiger partial charge in [-0.1, -0.05) is 12.1 Å².